The molecule has 140 valence electrons. The number of thioether (sulfide) groups is 1. The molecule has 2 aromatic carbocycles. The first-order chi connectivity index (χ1) is 13.7. The van der Waals surface area contributed by atoms with Crippen molar-refractivity contribution >= 4 is 23.4 Å². The van der Waals surface area contributed by atoms with Crippen LogP contribution in [0.2, 0.25) is 5.02 Å². The van der Waals surface area contributed by atoms with Crippen LogP contribution in [-0.4, -0.2) is 19.7 Å². The number of rotatable bonds is 6. The number of pyridine rings is 1. The summed E-state index contributed by atoms with van der Waals surface area (Å²) in [6.07, 6.45) is 3.46. The average Bonchev–Trinajstić information content (AvgIpc) is 3.11. The Morgan fingerprint density at radius 1 is 0.964 bits per heavy atom. The minimum absolute atomic E-state index is 0.316. The van der Waals surface area contributed by atoms with Gasteiger partial charge in [-0.15, -0.1) is 10.2 Å². The van der Waals surface area contributed by atoms with Gasteiger partial charge in [-0.1, -0.05) is 59.8 Å². The average molecular weight is 411 g/mol. The molecular weight excluding hydrogens is 395 g/mol. The van der Waals surface area contributed by atoms with Gasteiger partial charge < -0.3 is 0 Å². The van der Waals surface area contributed by atoms with Crippen LogP contribution in [0, 0.1) is 5.82 Å². The minimum atomic E-state index is -0.316. The Kier molecular flexibility index (Phi) is 5.69. The molecule has 0 fully saturated rings. The maximum Gasteiger partial charge on any atom is 0.192 e. The van der Waals surface area contributed by atoms with Gasteiger partial charge in [0.25, 0.3) is 0 Å². The molecule has 0 radical (unpaired) electrons. The second-order valence-electron chi connectivity index (χ2n) is 6.14. The molecule has 2 heterocycles. The zero-order chi connectivity index (χ0) is 19.3. The summed E-state index contributed by atoms with van der Waals surface area (Å²) in [7, 11) is 0. The molecule has 0 bridgehead atoms. The lowest BCUT2D eigenvalue weighted by Crippen LogP contribution is -2.04. The van der Waals surface area contributed by atoms with Crippen molar-refractivity contribution in [1.82, 2.24) is 19.7 Å². The molecule has 0 aliphatic rings. The molecule has 0 atom stereocenters. The van der Waals surface area contributed by atoms with E-state index in [1.54, 1.807) is 24.5 Å². The second-order valence-corrected chi connectivity index (χ2v) is 7.52. The lowest BCUT2D eigenvalue weighted by Gasteiger charge is -2.11. The smallest absolute Gasteiger partial charge is 0.192 e. The van der Waals surface area contributed by atoms with Crippen LogP contribution in [0.25, 0.3) is 11.4 Å². The molecule has 4 rings (SSSR count). The van der Waals surface area contributed by atoms with Crippen molar-refractivity contribution in [1.29, 1.82) is 0 Å². The highest BCUT2D eigenvalue weighted by Crippen LogP contribution is 2.28. The number of aromatic nitrogens is 4. The van der Waals surface area contributed by atoms with Crippen LogP contribution >= 0.6 is 23.4 Å². The van der Waals surface area contributed by atoms with Gasteiger partial charge in [-0.25, -0.2) is 4.39 Å². The first-order valence-electron chi connectivity index (χ1n) is 8.65. The molecule has 0 spiro atoms. The van der Waals surface area contributed by atoms with E-state index in [1.165, 1.54) is 17.8 Å². The Hall–Kier alpha value is -2.70. The molecule has 0 aliphatic carbocycles. The van der Waals surface area contributed by atoms with E-state index in [-0.39, 0.29) is 5.82 Å². The Balaban J connectivity index is 1.65. The number of nitrogens with zero attached hydrogens (tertiary/aromatic N) is 4. The fourth-order valence-electron chi connectivity index (χ4n) is 2.80. The van der Waals surface area contributed by atoms with Crippen molar-refractivity contribution in [3.63, 3.8) is 0 Å². The molecule has 7 heteroatoms. The highest BCUT2D eigenvalue weighted by Gasteiger charge is 2.16. The van der Waals surface area contributed by atoms with Crippen molar-refractivity contribution < 1.29 is 4.39 Å². The first-order valence-corrected chi connectivity index (χ1v) is 10.0. The predicted octanol–water partition coefficient (Wildman–Crippen LogP) is 5.47. The molecule has 0 amide bonds. The highest BCUT2D eigenvalue weighted by atomic mass is 35.5. The van der Waals surface area contributed by atoms with E-state index in [9.17, 15) is 4.39 Å². The third kappa shape index (κ3) is 4.24. The molecular formula is C21H16ClFN4S. The Bertz CT molecular complexity index is 1070. The SMILES string of the molecule is Fc1cc(Cl)ccc1CSc1nnc(-c2ccncc2)n1Cc1ccccc1. The quantitative estimate of drug-likeness (QED) is 0.395. The predicted molar refractivity (Wildman–Crippen MR) is 110 cm³/mol. The summed E-state index contributed by atoms with van der Waals surface area (Å²) >= 11 is 7.29. The van der Waals surface area contributed by atoms with Crippen molar-refractivity contribution in [2.75, 3.05) is 0 Å². The Morgan fingerprint density at radius 3 is 2.50 bits per heavy atom. The molecule has 0 N–H and O–H groups in total. The Morgan fingerprint density at radius 2 is 1.75 bits per heavy atom. The normalized spacial score (nSPS) is 10.9. The van der Waals surface area contributed by atoms with Gasteiger partial charge in [0, 0.05) is 28.7 Å². The van der Waals surface area contributed by atoms with Gasteiger partial charge in [0.05, 0.1) is 6.54 Å². The Labute approximate surface area is 171 Å². The van der Waals surface area contributed by atoms with E-state index in [1.807, 2.05) is 34.9 Å². The molecule has 0 aliphatic heterocycles. The maximum absolute atomic E-state index is 14.1. The van der Waals surface area contributed by atoms with Gasteiger partial charge >= 0.3 is 0 Å². The van der Waals surface area contributed by atoms with Crippen LogP contribution in [0.1, 0.15) is 11.1 Å². The van der Waals surface area contributed by atoms with Crippen LogP contribution in [0.4, 0.5) is 4.39 Å². The lowest BCUT2D eigenvalue weighted by atomic mass is 10.2. The van der Waals surface area contributed by atoms with E-state index in [2.05, 4.69) is 27.3 Å². The molecule has 0 saturated carbocycles. The number of benzene rings is 2. The maximum atomic E-state index is 14.1. The fraction of sp³-hybridized carbons (Fsp3) is 0.0952. The van der Waals surface area contributed by atoms with Crippen LogP contribution in [0.3, 0.4) is 0 Å². The van der Waals surface area contributed by atoms with Gasteiger partial charge in [-0.3, -0.25) is 9.55 Å². The summed E-state index contributed by atoms with van der Waals surface area (Å²) in [5, 5.41) is 9.85. The molecule has 28 heavy (non-hydrogen) atoms. The highest BCUT2D eigenvalue weighted by molar-refractivity contribution is 7.98. The monoisotopic (exact) mass is 410 g/mol. The van der Waals surface area contributed by atoms with Crippen molar-refractivity contribution in [2.45, 2.75) is 17.5 Å². The number of halogens is 2. The van der Waals surface area contributed by atoms with E-state index >= 15 is 0 Å². The van der Waals surface area contributed by atoms with Crippen molar-refractivity contribution in [3.8, 4) is 11.4 Å². The number of hydrogen-bond donors (Lipinski definition) is 0. The van der Waals surface area contributed by atoms with Crippen LogP contribution in [0.5, 0.6) is 0 Å². The van der Waals surface area contributed by atoms with Crippen LogP contribution in [0.15, 0.2) is 78.2 Å². The third-order valence-corrected chi connectivity index (χ3v) is 5.46. The van der Waals surface area contributed by atoms with E-state index < -0.39 is 0 Å². The molecule has 4 aromatic rings. The summed E-state index contributed by atoms with van der Waals surface area (Å²) in [4.78, 5) is 4.07. The summed E-state index contributed by atoms with van der Waals surface area (Å²) < 4.78 is 16.2. The van der Waals surface area contributed by atoms with E-state index in [0.29, 0.717) is 22.9 Å². The van der Waals surface area contributed by atoms with Crippen LogP contribution in [-0.2, 0) is 12.3 Å². The largest absolute Gasteiger partial charge is 0.298 e. The van der Waals surface area contributed by atoms with Gasteiger partial charge in [0.2, 0.25) is 0 Å². The molecule has 0 unspecified atom stereocenters. The fourth-order valence-corrected chi connectivity index (χ4v) is 3.88. The zero-order valence-corrected chi connectivity index (χ0v) is 16.4. The van der Waals surface area contributed by atoms with E-state index in [4.69, 9.17) is 11.6 Å². The van der Waals surface area contributed by atoms with E-state index in [0.717, 1.165) is 22.1 Å². The van der Waals surface area contributed by atoms with Gasteiger partial charge in [-0.05, 0) is 35.4 Å². The summed E-state index contributed by atoms with van der Waals surface area (Å²) in [6, 6.07) is 18.6. The summed E-state index contributed by atoms with van der Waals surface area (Å²) in [5.74, 6) is 0.875. The van der Waals surface area contributed by atoms with Gasteiger partial charge in [-0.2, -0.15) is 0 Å². The number of hydrogen-bond acceptors (Lipinski definition) is 4. The summed E-state index contributed by atoms with van der Waals surface area (Å²) in [6.45, 7) is 0.622. The third-order valence-electron chi connectivity index (χ3n) is 4.21. The molecule has 2 aromatic heterocycles. The minimum Gasteiger partial charge on any atom is -0.298 e. The van der Waals surface area contributed by atoms with Gasteiger partial charge in [0.15, 0.2) is 11.0 Å². The van der Waals surface area contributed by atoms with Crippen molar-refractivity contribution in [2.24, 2.45) is 0 Å². The topological polar surface area (TPSA) is 43.6 Å². The summed E-state index contributed by atoms with van der Waals surface area (Å²) in [5.41, 5.74) is 2.65. The lowest BCUT2D eigenvalue weighted by molar-refractivity contribution is 0.617. The van der Waals surface area contributed by atoms with Gasteiger partial charge in [0.1, 0.15) is 5.82 Å². The molecule has 4 nitrogen and oxygen atoms in total. The van der Waals surface area contributed by atoms with Crippen molar-refractivity contribution in [3.05, 3.63) is 95.0 Å². The van der Waals surface area contributed by atoms with Crippen LogP contribution < -0.4 is 0 Å². The first kappa shape index (κ1) is 18.7. The zero-order valence-electron chi connectivity index (χ0n) is 14.8. The standard InChI is InChI=1S/C21H16ClFN4S/c22-18-7-6-17(19(23)12-18)14-28-21-26-25-20(16-8-10-24-11-9-16)27(21)13-15-4-2-1-3-5-15/h1-12H,13-14H2. The second kappa shape index (κ2) is 8.54. The molecule has 0 saturated heterocycles.